The van der Waals surface area contributed by atoms with Crippen molar-refractivity contribution in [2.24, 2.45) is 11.8 Å². The van der Waals surface area contributed by atoms with Crippen LogP contribution in [-0.4, -0.2) is 24.8 Å². The van der Waals surface area contributed by atoms with Gasteiger partial charge in [0.05, 0.1) is 12.2 Å². The maximum Gasteiger partial charge on any atom is 0.0623 e. The van der Waals surface area contributed by atoms with Gasteiger partial charge in [0.1, 0.15) is 0 Å². The number of ether oxygens (including phenoxy) is 1. The molecule has 2 bridgehead atoms. The van der Waals surface area contributed by atoms with E-state index in [9.17, 15) is 0 Å². The predicted octanol–water partition coefficient (Wildman–Crippen LogP) is 2.97. The molecule has 0 aromatic carbocycles. The van der Waals surface area contributed by atoms with Crippen LogP contribution in [0, 0.1) is 11.8 Å². The summed E-state index contributed by atoms with van der Waals surface area (Å²) in [6.07, 6.45) is 7.57. The average Bonchev–Trinajstić information content (AvgIpc) is 2.91. The van der Waals surface area contributed by atoms with Crippen molar-refractivity contribution >= 4 is 0 Å². The van der Waals surface area contributed by atoms with Gasteiger partial charge in [-0.2, -0.15) is 0 Å². The van der Waals surface area contributed by atoms with Gasteiger partial charge in [0.25, 0.3) is 0 Å². The average molecular weight is 225 g/mol. The summed E-state index contributed by atoms with van der Waals surface area (Å²) in [5, 5.41) is 3.77. The Morgan fingerprint density at radius 3 is 2.62 bits per heavy atom. The van der Waals surface area contributed by atoms with Crippen molar-refractivity contribution in [2.75, 3.05) is 6.54 Å². The second kappa shape index (κ2) is 5.50. The Morgan fingerprint density at radius 1 is 1.31 bits per heavy atom. The molecule has 0 aromatic rings. The first-order valence-electron chi connectivity index (χ1n) is 7.15. The van der Waals surface area contributed by atoms with Crippen LogP contribution in [0.1, 0.15) is 52.9 Å². The Labute approximate surface area is 100 Å². The molecule has 2 fully saturated rings. The summed E-state index contributed by atoms with van der Waals surface area (Å²) in [4.78, 5) is 0. The molecule has 0 saturated carbocycles. The van der Waals surface area contributed by atoms with Gasteiger partial charge >= 0.3 is 0 Å². The molecule has 2 aliphatic rings. The zero-order valence-electron chi connectivity index (χ0n) is 11.0. The summed E-state index contributed by atoms with van der Waals surface area (Å²) < 4.78 is 6.00. The van der Waals surface area contributed by atoms with Crippen LogP contribution >= 0.6 is 0 Å². The van der Waals surface area contributed by atoms with Gasteiger partial charge in [0.15, 0.2) is 0 Å². The van der Waals surface area contributed by atoms with Gasteiger partial charge in [-0.15, -0.1) is 0 Å². The van der Waals surface area contributed by atoms with Crippen LogP contribution in [-0.2, 0) is 4.74 Å². The molecule has 16 heavy (non-hydrogen) atoms. The van der Waals surface area contributed by atoms with Crippen molar-refractivity contribution in [1.82, 2.24) is 5.32 Å². The van der Waals surface area contributed by atoms with Gasteiger partial charge in [0, 0.05) is 12.0 Å². The fourth-order valence-corrected chi connectivity index (χ4v) is 3.39. The van der Waals surface area contributed by atoms with Crippen LogP contribution in [0.5, 0.6) is 0 Å². The first-order valence-corrected chi connectivity index (χ1v) is 7.15. The second-order valence-corrected chi connectivity index (χ2v) is 5.64. The van der Waals surface area contributed by atoms with Gasteiger partial charge in [-0.25, -0.2) is 0 Å². The molecule has 2 heteroatoms. The van der Waals surface area contributed by atoms with E-state index in [0.29, 0.717) is 18.2 Å². The molecule has 2 saturated heterocycles. The van der Waals surface area contributed by atoms with Crippen LogP contribution in [0.25, 0.3) is 0 Å². The number of hydrogen-bond acceptors (Lipinski definition) is 2. The number of fused-ring (bicyclic) bond motifs is 2. The van der Waals surface area contributed by atoms with Crippen molar-refractivity contribution in [2.45, 2.75) is 71.1 Å². The SMILES string of the molecule is CCCNC(C(C)CC)C1CC2CCC1O2. The van der Waals surface area contributed by atoms with E-state index in [0.717, 1.165) is 18.4 Å². The number of rotatable bonds is 6. The van der Waals surface area contributed by atoms with Gasteiger partial charge in [-0.05, 0) is 38.1 Å². The molecule has 5 unspecified atom stereocenters. The lowest BCUT2D eigenvalue weighted by atomic mass is 9.78. The molecule has 2 nitrogen and oxygen atoms in total. The van der Waals surface area contributed by atoms with Gasteiger partial charge in [-0.1, -0.05) is 27.2 Å². The zero-order valence-corrected chi connectivity index (χ0v) is 11.0. The number of hydrogen-bond donors (Lipinski definition) is 1. The standard InChI is InChI=1S/C14H27NO/c1-4-8-15-14(10(3)5-2)12-9-11-6-7-13(12)16-11/h10-15H,4-9H2,1-3H3. The molecular formula is C14H27NO. The molecule has 0 radical (unpaired) electrons. The third-order valence-electron chi connectivity index (χ3n) is 4.50. The van der Waals surface area contributed by atoms with E-state index in [1.807, 2.05) is 0 Å². The van der Waals surface area contributed by atoms with Gasteiger partial charge < -0.3 is 10.1 Å². The van der Waals surface area contributed by atoms with Crippen LogP contribution in [0.3, 0.4) is 0 Å². The highest BCUT2D eigenvalue weighted by molar-refractivity contribution is 4.96. The largest absolute Gasteiger partial charge is 0.375 e. The van der Waals surface area contributed by atoms with Crippen LogP contribution in [0.4, 0.5) is 0 Å². The number of nitrogens with one attached hydrogen (secondary N) is 1. The monoisotopic (exact) mass is 225 g/mol. The lowest BCUT2D eigenvalue weighted by Crippen LogP contribution is -2.45. The Hall–Kier alpha value is -0.0800. The Kier molecular flexibility index (Phi) is 4.26. The summed E-state index contributed by atoms with van der Waals surface area (Å²) in [7, 11) is 0. The van der Waals surface area contributed by atoms with Crippen molar-refractivity contribution < 1.29 is 4.74 Å². The minimum atomic E-state index is 0.563. The van der Waals surface area contributed by atoms with E-state index in [1.54, 1.807) is 0 Å². The highest BCUT2D eigenvalue weighted by atomic mass is 16.5. The lowest BCUT2D eigenvalue weighted by Gasteiger charge is -2.33. The summed E-state index contributed by atoms with van der Waals surface area (Å²) in [6.45, 7) is 8.10. The van der Waals surface area contributed by atoms with Crippen molar-refractivity contribution in [3.05, 3.63) is 0 Å². The maximum absolute atomic E-state index is 6.00. The maximum atomic E-state index is 6.00. The molecule has 2 aliphatic heterocycles. The summed E-state index contributed by atoms with van der Waals surface area (Å²) in [5.74, 6) is 1.56. The molecule has 1 N–H and O–H groups in total. The molecule has 0 aromatic heterocycles. The van der Waals surface area contributed by atoms with Crippen LogP contribution in [0.15, 0.2) is 0 Å². The van der Waals surface area contributed by atoms with E-state index >= 15 is 0 Å². The second-order valence-electron chi connectivity index (χ2n) is 5.64. The predicted molar refractivity (Wildman–Crippen MR) is 67.5 cm³/mol. The minimum Gasteiger partial charge on any atom is -0.375 e. The van der Waals surface area contributed by atoms with Crippen LogP contribution in [0.2, 0.25) is 0 Å². The van der Waals surface area contributed by atoms with Crippen molar-refractivity contribution in [3.8, 4) is 0 Å². The quantitative estimate of drug-likeness (QED) is 0.750. The molecule has 0 spiro atoms. The summed E-state index contributed by atoms with van der Waals surface area (Å²) in [5.41, 5.74) is 0. The van der Waals surface area contributed by atoms with Gasteiger partial charge in [0.2, 0.25) is 0 Å². The molecule has 0 aliphatic carbocycles. The third-order valence-corrected chi connectivity index (χ3v) is 4.50. The fourth-order valence-electron chi connectivity index (χ4n) is 3.39. The molecule has 94 valence electrons. The van der Waals surface area contributed by atoms with E-state index in [-0.39, 0.29) is 0 Å². The molecular weight excluding hydrogens is 198 g/mol. The van der Waals surface area contributed by atoms with E-state index < -0.39 is 0 Å². The Balaban J connectivity index is 1.95. The van der Waals surface area contributed by atoms with E-state index in [4.69, 9.17) is 4.74 Å². The van der Waals surface area contributed by atoms with E-state index in [2.05, 4.69) is 26.1 Å². The smallest absolute Gasteiger partial charge is 0.0623 e. The van der Waals surface area contributed by atoms with Crippen molar-refractivity contribution in [1.29, 1.82) is 0 Å². The minimum absolute atomic E-state index is 0.563. The normalized spacial score (nSPS) is 36.6. The first kappa shape index (κ1) is 12.4. The molecule has 0 amide bonds. The lowest BCUT2D eigenvalue weighted by molar-refractivity contribution is 0.0800. The molecule has 2 heterocycles. The highest BCUT2D eigenvalue weighted by Gasteiger charge is 2.45. The molecule has 2 rings (SSSR count). The summed E-state index contributed by atoms with van der Waals surface area (Å²) in [6, 6.07) is 0.681. The Morgan fingerprint density at radius 2 is 2.12 bits per heavy atom. The van der Waals surface area contributed by atoms with E-state index in [1.165, 1.54) is 32.1 Å². The summed E-state index contributed by atoms with van der Waals surface area (Å²) >= 11 is 0. The van der Waals surface area contributed by atoms with Crippen molar-refractivity contribution in [3.63, 3.8) is 0 Å². The highest BCUT2D eigenvalue weighted by Crippen LogP contribution is 2.42. The third kappa shape index (κ3) is 2.43. The first-order chi connectivity index (χ1) is 7.76. The zero-order chi connectivity index (χ0) is 11.5. The molecule has 5 atom stereocenters. The topological polar surface area (TPSA) is 21.3 Å². The van der Waals surface area contributed by atoms with Gasteiger partial charge in [-0.3, -0.25) is 0 Å². The fraction of sp³-hybridized carbons (Fsp3) is 1.00. The van der Waals surface area contributed by atoms with Crippen LogP contribution < -0.4 is 5.32 Å². The Bertz CT molecular complexity index is 219.